The summed E-state index contributed by atoms with van der Waals surface area (Å²) in [5.74, 6) is 1.71. The Balaban J connectivity index is 1.94. The lowest BCUT2D eigenvalue weighted by Crippen LogP contribution is -2.53. The van der Waals surface area contributed by atoms with Crippen molar-refractivity contribution in [1.29, 1.82) is 0 Å². The van der Waals surface area contributed by atoms with Crippen LogP contribution in [0.5, 0.6) is 0 Å². The third-order valence-electron chi connectivity index (χ3n) is 5.77. The van der Waals surface area contributed by atoms with Gasteiger partial charge in [-0.1, -0.05) is 48.4 Å². The molecular formula is C30H33N3O4S. The summed E-state index contributed by atoms with van der Waals surface area (Å²) in [6.45, 7) is 7.17. The van der Waals surface area contributed by atoms with E-state index in [9.17, 15) is 14.4 Å². The maximum atomic E-state index is 13.8. The van der Waals surface area contributed by atoms with E-state index in [2.05, 4.69) is 29.2 Å². The molecule has 3 aromatic rings. The molecular weight excluding hydrogens is 498 g/mol. The molecule has 198 valence electrons. The van der Waals surface area contributed by atoms with Gasteiger partial charge in [-0.15, -0.1) is 6.42 Å². The van der Waals surface area contributed by atoms with Gasteiger partial charge in [0.2, 0.25) is 5.91 Å². The molecule has 0 spiro atoms. The summed E-state index contributed by atoms with van der Waals surface area (Å²) in [7, 11) is 0. The average Bonchev–Trinajstić information content (AvgIpc) is 2.89. The Morgan fingerprint density at radius 1 is 1.03 bits per heavy atom. The van der Waals surface area contributed by atoms with Gasteiger partial charge in [0.1, 0.15) is 17.7 Å². The number of fused-ring (bicyclic) bond motifs is 1. The van der Waals surface area contributed by atoms with Crippen molar-refractivity contribution in [1.82, 2.24) is 10.2 Å². The van der Waals surface area contributed by atoms with Crippen LogP contribution in [-0.4, -0.2) is 46.7 Å². The molecule has 2 unspecified atom stereocenters. The molecule has 0 saturated carbocycles. The lowest BCUT2D eigenvalue weighted by Gasteiger charge is -2.33. The minimum absolute atomic E-state index is 0.0175. The highest BCUT2D eigenvalue weighted by Crippen LogP contribution is 2.26. The lowest BCUT2D eigenvalue weighted by molar-refractivity contribution is -0.140. The van der Waals surface area contributed by atoms with Crippen molar-refractivity contribution in [2.45, 2.75) is 45.4 Å². The monoisotopic (exact) mass is 531 g/mol. The number of terminal acetylenes is 1. The van der Waals surface area contributed by atoms with Crippen molar-refractivity contribution in [2.24, 2.45) is 0 Å². The topological polar surface area (TPSA) is 87.7 Å². The summed E-state index contributed by atoms with van der Waals surface area (Å²) < 4.78 is 5.31. The molecule has 3 amide bonds. The van der Waals surface area contributed by atoms with Gasteiger partial charge < -0.3 is 20.3 Å². The first-order valence-corrected chi connectivity index (χ1v) is 13.0. The maximum absolute atomic E-state index is 13.8. The molecule has 2 atom stereocenters. The number of thiol groups is 1. The van der Waals surface area contributed by atoms with E-state index in [4.69, 9.17) is 11.2 Å². The summed E-state index contributed by atoms with van der Waals surface area (Å²) in [4.78, 5) is 41.2. The molecule has 8 heteroatoms. The number of alkyl carbamates (subject to hydrolysis) is 1. The summed E-state index contributed by atoms with van der Waals surface area (Å²) in [6, 6.07) is 18.3. The molecule has 0 heterocycles. The van der Waals surface area contributed by atoms with E-state index in [1.807, 2.05) is 42.5 Å². The second-order valence-corrected chi connectivity index (χ2v) is 10.1. The number of carbonyl (C=O) groups excluding carboxylic acids is 3. The van der Waals surface area contributed by atoms with E-state index in [0.29, 0.717) is 16.8 Å². The predicted octanol–water partition coefficient (Wildman–Crippen LogP) is 5.17. The number of carbonyl (C=O) groups is 3. The van der Waals surface area contributed by atoms with Crippen LogP contribution in [0.1, 0.15) is 44.9 Å². The fourth-order valence-corrected chi connectivity index (χ4v) is 4.26. The van der Waals surface area contributed by atoms with Gasteiger partial charge in [0, 0.05) is 23.5 Å². The van der Waals surface area contributed by atoms with Crippen molar-refractivity contribution in [3.63, 3.8) is 0 Å². The van der Waals surface area contributed by atoms with Gasteiger partial charge in [0.15, 0.2) is 0 Å². The highest BCUT2D eigenvalue weighted by molar-refractivity contribution is 7.80. The number of likely N-dealkylation sites (N-methyl/N-ethyl adjacent to an activating group) is 1. The summed E-state index contributed by atoms with van der Waals surface area (Å²) in [6.07, 6.45) is 4.77. The Hall–Kier alpha value is -3.96. The lowest BCUT2D eigenvalue weighted by atomic mass is 10.0. The zero-order chi connectivity index (χ0) is 27.9. The Morgan fingerprint density at radius 3 is 2.26 bits per heavy atom. The predicted molar refractivity (Wildman–Crippen MR) is 154 cm³/mol. The van der Waals surface area contributed by atoms with Crippen LogP contribution in [0.3, 0.4) is 0 Å². The molecule has 2 N–H and O–H groups in total. The number of hydrogen-bond acceptors (Lipinski definition) is 5. The van der Waals surface area contributed by atoms with E-state index in [0.717, 1.165) is 10.8 Å². The van der Waals surface area contributed by atoms with Gasteiger partial charge >= 0.3 is 6.09 Å². The van der Waals surface area contributed by atoms with Crippen molar-refractivity contribution >= 4 is 47.0 Å². The largest absolute Gasteiger partial charge is 0.444 e. The van der Waals surface area contributed by atoms with Crippen LogP contribution >= 0.6 is 12.6 Å². The first-order valence-electron chi connectivity index (χ1n) is 12.3. The quantitative estimate of drug-likeness (QED) is 0.276. The zero-order valence-electron chi connectivity index (χ0n) is 22.0. The highest BCUT2D eigenvalue weighted by atomic mass is 32.1. The molecule has 0 bridgehead atoms. The van der Waals surface area contributed by atoms with E-state index in [1.165, 1.54) is 4.90 Å². The molecule has 38 heavy (non-hydrogen) atoms. The number of nitrogens with one attached hydrogen (secondary N) is 2. The molecule has 0 saturated heterocycles. The SMILES string of the molecule is C#Cc1ccc(C(C(=O)Nc2ccc3ccccc3c2)N(CC)C(=O)C(CS)NC(=O)OC(C)(C)C)cc1. The van der Waals surface area contributed by atoms with Crippen molar-refractivity contribution in [3.05, 3.63) is 77.9 Å². The van der Waals surface area contributed by atoms with Gasteiger partial charge in [0.05, 0.1) is 0 Å². The first kappa shape index (κ1) is 28.6. The molecule has 0 aliphatic carbocycles. The van der Waals surface area contributed by atoms with Crippen LogP contribution < -0.4 is 10.6 Å². The van der Waals surface area contributed by atoms with E-state index < -0.39 is 35.6 Å². The average molecular weight is 532 g/mol. The third kappa shape index (κ3) is 7.30. The van der Waals surface area contributed by atoms with Gasteiger partial charge in [0.25, 0.3) is 5.91 Å². The van der Waals surface area contributed by atoms with Gasteiger partial charge in [-0.2, -0.15) is 12.6 Å². The van der Waals surface area contributed by atoms with Crippen LogP contribution in [0.25, 0.3) is 10.8 Å². The summed E-state index contributed by atoms with van der Waals surface area (Å²) in [5, 5.41) is 7.56. The fraction of sp³-hybridized carbons (Fsp3) is 0.300. The van der Waals surface area contributed by atoms with Crippen LogP contribution in [0.4, 0.5) is 10.5 Å². The molecule has 0 radical (unpaired) electrons. The standard InChI is InChI=1S/C30H33N3O4S/c1-6-20-12-14-22(15-13-20)26(27(34)31-24-17-16-21-10-8-9-11-23(21)18-24)33(7-2)28(35)25(19-38)32-29(36)37-30(3,4)5/h1,8-18,25-26,38H,7,19H2,2-5H3,(H,31,34)(H,32,36). The second-order valence-electron chi connectivity index (χ2n) is 9.73. The van der Waals surface area contributed by atoms with Gasteiger partial charge in [-0.05, 0) is 68.3 Å². The second kappa shape index (κ2) is 12.5. The van der Waals surface area contributed by atoms with Crippen molar-refractivity contribution < 1.29 is 19.1 Å². The maximum Gasteiger partial charge on any atom is 0.408 e. The molecule has 0 fully saturated rings. The number of nitrogens with zero attached hydrogens (tertiary/aromatic N) is 1. The molecule has 7 nitrogen and oxygen atoms in total. The Morgan fingerprint density at radius 2 is 1.68 bits per heavy atom. The van der Waals surface area contributed by atoms with Crippen LogP contribution in [0.2, 0.25) is 0 Å². The molecule has 0 aliphatic rings. The van der Waals surface area contributed by atoms with Crippen molar-refractivity contribution in [2.75, 3.05) is 17.6 Å². The van der Waals surface area contributed by atoms with Crippen LogP contribution in [0, 0.1) is 12.3 Å². The molecule has 0 aliphatic heterocycles. The zero-order valence-corrected chi connectivity index (χ0v) is 22.9. The minimum Gasteiger partial charge on any atom is -0.444 e. The van der Waals surface area contributed by atoms with Gasteiger partial charge in [-0.3, -0.25) is 9.59 Å². The number of ether oxygens (including phenoxy) is 1. The first-order chi connectivity index (χ1) is 18.1. The van der Waals surface area contributed by atoms with E-state index >= 15 is 0 Å². The normalized spacial score (nSPS) is 12.6. The third-order valence-corrected chi connectivity index (χ3v) is 6.13. The fourth-order valence-electron chi connectivity index (χ4n) is 4.01. The number of rotatable bonds is 8. The molecule has 3 aromatic carbocycles. The summed E-state index contributed by atoms with van der Waals surface area (Å²) >= 11 is 4.28. The Kier molecular flexibility index (Phi) is 9.43. The smallest absolute Gasteiger partial charge is 0.408 e. The summed E-state index contributed by atoms with van der Waals surface area (Å²) in [5.41, 5.74) is 1.09. The molecule has 0 aromatic heterocycles. The van der Waals surface area contributed by atoms with E-state index in [-0.39, 0.29) is 12.3 Å². The number of benzene rings is 3. The van der Waals surface area contributed by atoms with E-state index in [1.54, 1.807) is 52.0 Å². The van der Waals surface area contributed by atoms with Crippen LogP contribution in [-0.2, 0) is 14.3 Å². The Labute approximate surface area is 229 Å². The minimum atomic E-state index is -1.01. The number of anilines is 1. The highest BCUT2D eigenvalue weighted by Gasteiger charge is 2.35. The van der Waals surface area contributed by atoms with Gasteiger partial charge in [-0.25, -0.2) is 4.79 Å². The number of amides is 3. The van der Waals surface area contributed by atoms with Crippen molar-refractivity contribution in [3.8, 4) is 12.3 Å². The number of hydrogen-bond donors (Lipinski definition) is 3. The Bertz CT molecular complexity index is 1340. The molecule has 3 rings (SSSR count). The van der Waals surface area contributed by atoms with Crippen LogP contribution in [0.15, 0.2) is 66.7 Å².